The molecule has 0 aromatic heterocycles. The fraction of sp³-hybridized carbons (Fsp3) is 0.833. The van der Waals surface area contributed by atoms with E-state index in [0.29, 0.717) is 6.42 Å². The van der Waals surface area contributed by atoms with Gasteiger partial charge in [0.05, 0.1) is 6.26 Å². The number of carbonyl (C=O) groups is 1. The third-order valence-corrected chi connectivity index (χ3v) is 2.02. The molecule has 13 heavy (non-hydrogen) atoms. The zero-order valence-electron chi connectivity index (χ0n) is 7.24. The van der Waals surface area contributed by atoms with E-state index in [4.69, 9.17) is 0 Å². The van der Waals surface area contributed by atoms with E-state index in [-0.39, 0.29) is 6.04 Å². The maximum absolute atomic E-state index is 11.1. The van der Waals surface area contributed by atoms with Gasteiger partial charge in [0, 0.05) is 0 Å². The number of hydrogen-bond acceptors (Lipinski definition) is 5. The highest BCUT2D eigenvalue weighted by molar-refractivity contribution is 7.88. The summed E-state index contributed by atoms with van der Waals surface area (Å²) in [5.41, 5.74) is 0. The van der Waals surface area contributed by atoms with Crippen molar-refractivity contribution in [1.29, 1.82) is 0 Å². The molecular formula is C6H12N2O4S. The average Bonchev–Trinajstić information content (AvgIpc) is 2.50. The van der Waals surface area contributed by atoms with E-state index in [1.165, 1.54) is 0 Å². The van der Waals surface area contributed by atoms with Crippen molar-refractivity contribution in [2.45, 2.75) is 18.9 Å². The van der Waals surface area contributed by atoms with Gasteiger partial charge in [0.25, 0.3) is 0 Å². The first-order chi connectivity index (χ1) is 5.99. The molecule has 0 saturated carbocycles. The van der Waals surface area contributed by atoms with Crippen LogP contribution in [-0.4, -0.2) is 33.2 Å². The molecule has 0 aromatic carbocycles. The second-order valence-electron chi connectivity index (χ2n) is 2.93. The van der Waals surface area contributed by atoms with E-state index < -0.39 is 16.0 Å². The Kier molecular flexibility index (Phi) is 3.23. The largest absolute Gasteiger partial charge is 0.354 e. The summed E-state index contributed by atoms with van der Waals surface area (Å²) in [6.45, 7) is 0.763. The van der Waals surface area contributed by atoms with Crippen molar-refractivity contribution in [2.24, 2.45) is 0 Å². The zero-order chi connectivity index (χ0) is 9.90. The molecule has 2 N–H and O–H groups in total. The van der Waals surface area contributed by atoms with Gasteiger partial charge in [-0.25, -0.2) is 13.2 Å². The predicted octanol–water partition coefficient (Wildman–Crippen LogP) is -1.25. The molecule has 0 spiro atoms. The highest BCUT2D eigenvalue weighted by atomic mass is 32.2. The third-order valence-electron chi connectivity index (χ3n) is 1.64. The molecule has 1 rings (SSSR count). The van der Waals surface area contributed by atoms with Crippen LogP contribution < -0.4 is 10.2 Å². The lowest BCUT2D eigenvalue weighted by Gasteiger charge is -2.08. The van der Waals surface area contributed by atoms with Gasteiger partial charge in [-0.1, -0.05) is 0 Å². The lowest BCUT2D eigenvalue weighted by atomic mass is 10.2. The SMILES string of the molecule is CS(=O)(=O)NOC(=O)C1CCCN1. The second kappa shape index (κ2) is 4.03. The molecule has 76 valence electrons. The smallest absolute Gasteiger partial charge is 0.342 e. The summed E-state index contributed by atoms with van der Waals surface area (Å²) >= 11 is 0. The molecule has 6 nitrogen and oxygen atoms in total. The van der Waals surface area contributed by atoms with E-state index in [1.807, 2.05) is 0 Å². The summed E-state index contributed by atoms with van der Waals surface area (Å²) in [5.74, 6) is -0.581. The Morgan fingerprint density at radius 3 is 2.77 bits per heavy atom. The topological polar surface area (TPSA) is 84.5 Å². The molecule has 0 aromatic rings. The second-order valence-corrected chi connectivity index (χ2v) is 4.64. The maximum atomic E-state index is 11.1. The average molecular weight is 208 g/mol. The van der Waals surface area contributed by atoms with Crippen molar-refractivity contribution in [1.82, 2.24) is 10.2 Å². The summed E-state index contributed by atoms with van der Waals surface area (Å²) < 4.78 is 21.1. The first kappa shape index (κ1) is 10.4. The number of carbonyl (C=O) groups excluding carboxylic acids is 1. The van der Waals surface area contributed by atoms with Crippen LogP contribution in [0.3, 0.4) is 0 Å². The molecule has 7 heteroatoms. The monoisotopic (exact) mass is 208 g/mol. The molecule has 1 saturated heterocycles. The molecule has 1 aliphatic heterocycles. The van der Waals surface area contributed by atoms with Crippen molar-refractivity contribution in [3.63, 3.8) is 0 Å². The van der Waals surface area contributed by atoms with E-state index in [0.717, 1.165) is 19.2 Å². The van der Waals surface area contributed by atoms with E-state index in [2.05, 4.69) is 10.2 Å². The Morgan fingerprint density at radius 1 is 1.62 bits per heavy atom. The number of rotatable bonds is 3. The molecule has 0 bridgehead atoms. The summed E-state index contributed by atoms with van der Waals surface area (Å²) in [5, 5.41) is 2.88. The quantitative estimate of drug-likeness (QED) is 0.566. The molecule has 1 unspecified atom stereocenters. The van der Waals surface area contributed by atoms with Gasteiger partial charge in [-0.2, -0.15) is 0 Å². The molecule has 0 amide bonds. The predicted molar refractivity (Wildman–Crippen MR) is 45.1 cm³/mol. The Bertz CT molecular complexity index is 281. The fourth-order valence-corrected chi connectivity index (χ4v) is 1.31. The Labute approximate surface area is 76.6 Å². The highest BCUT2D eigenvalue weighted by Crippen LogP contribution is 2.05. The van der Waals surface area contributed by atoms with Gasteiger partial charge in [-0.15, -0.1) is 0 Å². The van der Waals surface area contributed by atoms with Crippen LogP contribution in [0.1, 0.15) is 12.8 Å². The molecule has 1 heterocycles. The van der Waals surface area contributed by atoms with Crippen LogP contribution in [0.25, 0.3) is 0 Å². The standard InChI is InChI=1S/C6H12N2O4S/c1-13(10,11)8-12-6(9)5-3-2-4-7-5/h5,7-8H,2-4H2,1H3. The first-order valence-corrected chi connectivity index (χ1v) is 5.79. The maximum Gasteiger partial charge on any atom is 0.342 e. The van der Waals surface area contributed by atoms with Crippen molar-refractivity contribution < 1.29 is 18.0 Å². The third kappa shape index (κ3) is 3.71. The molecular weight excluding hydrogens is 196 g/mol. The van der Waals surface area contributed by atoms with E-state index in [1.54, 1.807) is 4.89 Å². The van der Waals surface area contributed by atoms with Gasteiger partial charge in [0.15, 0.2) is 0 Å². The van der Waals surface area contributed by atoms with Crippen molar-refractivity contribution in [3.05, 3.63) is 0 Å². The number of nitrogens with one attached hydrogen (secondary N) is 2. The Morgan fingerprint density at radius 2 is 2.31 bits per heavy atom. The molecule has 1 aliphatic rings. The van der Waals surface area contributed by atoms with Gasteiger partial charge in [-0.05, 0) is 24.3 Å². The van der Waals surface area contributed by atoms with E-state index in [9.17, 15) is 13.2 Å². The summed E-state index contributed by atoms with van der Waals surface area (Å²) in [7, 11) is -3.47. The molecule has 0 aliphatic carbocycles. The van der Waals surface area contributed by atoms with Gasteiger partial charge >= 0.3 is 5.97 Å². The van der Waals surface area contributed by atoms with Crippen LogP contribution >= 0.6 is 0 Å². The summed E-state index contributed by atoms with van der Waals surface area (Å²) in [4.78, 5) is 17.1. The normalized spacial score (nSPS) is 23.0. The first-order valence-electron chi connectivity index (χ1n) is 3.90. The molecule has 1 atom stereocenters. The van der Waals surface area contributed by atoms with Gasteiger partial charge in [-0.3, -0.25) is 0 Å². The molecule has 1 fully saturated rings. The number of hydrogen-bond donors (Lipinski definition) is 2. The van der Waals surface area contributed by atoms with Crippen molar-refractivity contribution in [2.75, 3.05) is 12.8 Å². The Balaban J connectivity index is 2.33. The van der Waals surface area contributed by atoms with Crippen LogP contribution in [0.2, 0.25) is 0 Å². The van der Waals surface area contributed by atoms with Crippen molar-refractivity contribution >= 4 is 16.0 Å². The summed E-state index contributed by atoms with van der Waals surface area (Å²) in [6, 6.07) is -0.380. The minimum Gasteiger partial charge on any atom is -0.354 e. The van der Waals surface area contributed by atoms with Crippen molar-refractivity contribution in [3.8, 4) is 0 Å². The van der Waals surface area contributed by atoms with Crippen LogP contribution in [0.5, 0.6) is 0 Å². The van der Waals surface area contributed by atoms with Crippen LogP contribution in [-0.2, 0) is 19.7 Å². The fourth-order valence-electron chi connectivity index (χ4n) is 1.07. The summed E-state index contributed by atoms with van der Waals surface area (Å²) in [6.07, 6.45) is 2.51. The van der Waals surface area contributed by atoms with E-state index >= 15 is 0 Å². The minimum atomic E-state index is -3.47. The minimum absolute atomic E-state index is 0.380. The van der Waals surface area contributed by atoms with Gasteiger partial charge in [0.2, 0.25) is 10.0 Å². The zero-order valence-corrected chi connectivity index (χ0v) is 8.06. The van der Waals surface area contributed by atoms with Gasteiger partial charge in [0.1, 0.15) is 6.04 Å². The Hall–Kier alpha value is -0.660. The van der Waals surface area contributed by atoms with Crippen LogP contribution in [0, 0.1) is 0 Å². The molecule has 0 radical (unpaired) electrons. The number of sulfonamides is 1. The van der Waals surface area contributed by atoms with Crippen LogP contribution in [0.4, 0.5) is 0 Å². The highest BCUT2D eigenvalue weighted by Gasteiger charge is 2.24. The lowest BCUT2D eigenvalue weighted by molar-refractivity contribution is -0.149. The van der Waals surface area contributed by atoms with Gasteiger partial charge < -0.3 is 10.2 Å². The van der Waals surface area contributed by atoms with Crippen LogP contribution in [0.15, 0.2) is 0 Å². The lowest BCUT2D eigenvalue weighted by Crippen LogP contribution is -2.37.